The van der Waals surface area contributed by atoms with Crippen molar-refractivity contribution < 1.29 is 14.3 Å². The van der Waals surface area contributed by atoms with Gasteiger partial charge in [0.2, 0.25) is 16.9 Å². The third kappa shape index (κ3) is 4.65. The monoisotopic (exact) mass is 422 g/mol. The average Bonchev–Trinajstić information content (AvgIpc) is 3.39. The van der Waals surface area contributed by atoms with E-state index in [9.17, 15) is 9.59 Å². The largest absolute Gasteiger partial charge is 0.497 e. The quantitative estimate of drug-likeness (QED) is 0.631. The molecule has 0 radical (unpaired) electrons. The number of ether oxygens (including phenoxy) is 1. The van der Waals surface area contributed by atoms with Gasteiger partial charge in [-0.25, -0.2) is 0 Å². The summed E-state index contributed by atoms with van der Waals surface area (Å²) in [6, 6.07) is 17.3. The fraction of sp³-hybridized carbons (Fsp3) is 0.273. The minimum absolute atomic E-state index is 0.0428. The van der Waals surface area contributed by atoms with Gasteiger partial charge in [0.25, 0.3) is 0 Å². The molecule has 2 amide bonds. The van der Waals surface area contributed by atoms with Crippen LogP contribution in [0.4, 0.5) is 10.8 Å². The Labute approximate surface area is 178 Å². The second-order valence-corrected chi connectivity index (χ2v) is 8.14. The van der Waals surface area contributed by atoms with E-state index in [0.29, 0.717) is 11.7 Å². The molecule has 2 aromatic carbocycles. The summed E-state index contributed by atoms with van der Waals surface area (Å²) < 4.78 is 5.17. The summed E-state index contributed by atoms with van der Waals surface area (Å²) in [6.07, 6.45) is 1.77. The fourth-order valence-electron chi connectivity index (χ4n) is 3.40. The number of carbonyl (C=O) groups excluding carboxylic acids is 2. The molecule has 1 aliphatic heterocycles. The van der Waals surface area contributed by atoms with Gasteiger partial charge in [-0.2, -0.15) is 0 Å². The van der Waals surface area contributed by atoms with E-state index in [1.54, 1.807) is 12.0 Å². The lowest BCUT2D eigenvalue weighted by Gasteiger charge is -2.16. The smallest absolute Gasteiger partial charge is 0.231 e. The van der Waals surface area contributed by atoms with Crippen LogP contribution in [0.25, 0.3) is 0 Å². The average molecular weight is 423 g/mol. The Hall–Kier alpha value is -3.26. The number of anilines is 2. The molecular formula is C22H22N4O3S. The van der Waals surface area contributed by atoms with Crippen molar-refractivity contribution >= 4 is 34.0 Å². The van der Waals surface area contributed by atoms with Gasteiger partial charge in [-0.1, -0.05) is 41.7 Å². The lowest BCUT2D eigenvalue weighted by Crippen LogP contribution is -2.28. The van der Waals surface area contributed by atoms with Crippen molar-refractivity contribution in [3.8, 4) is 5.75 Å². The van der Waals surface area contributed by atoms with Crippen LogP contribution in [-0.4, -0.2) is 35.7 Å². The van der Waals surface area contributed by atoms with Crippen LogP contribution in [0.3, 0.4) is 0 Å². The van der Waals surface area contributed by atoms with Crippen LogP contribution < -0.4 is 15.0 Å². The van der Waals surface area contributed by atoms with Gasteiger partial charge >= 0.3 is 0 Å². The lowest BCUT2D eigenvalue weighted by molar-refractivity contribution is -0.122. The molecule has 0 spiro atoms. The first-order valence-electron chi connectivity index (χ1n) is 9.74. The van der Waals surface area contributed by atoms with Gasteiger partial charge in [0, 0.05) is 25.1 Å². The highest BCUT2D eigenvalue weighted by Gasteiger charge is 2.35. The van der Waals surface area contributed by atoms with Crippen LogP contribution in [0, 0.1) is 5.92 Å². The van der Waals surface area contributed by atoms with E-state index in [4.69, 9.17) is 4.74 Å². The Balaban J connectivity index is 1.31. The molecule has 7 nitrogen and oxygen atoms in total. The van der Waals surface area contributed by atoms with Crippen LogP contribution in [0.2, 0.25) is 0 Å². The zero-order chi connectivity index (χ0) is 20.9. The van der Waals surface area contributed by atoms with Crippen molar-refractivity contribution in [3.05, 3.63) is 65.2 Å². The van der Waals surface area contributed by atoms with Crippen LogP contribution >= 0.6 is 11.3 Å². The predicted molar refractivity (Wildman–Crippen MR) is 116 cm³/mol. The first kappa shape index (κ1) is 20.0. The number of rotatable bonds is 7. The second kappa shape index (κ2) is 9.04. The highest BCUT2D eigenvalue weighted by atomic mass is 32.1. The van der Waals surface area contributed by atoms with E-state index < -0.39 is 5.92 Å². The van der Waals surface area contributed by atoms with E-state index in [1.807, 2.05) is 54.6 Å². The van der Waals surface area contributed by atoms with Crippen molar-refractivity contribution in [1.29, 1.82) is 0 Å². The summed E-state index contributed by atoms with van der Waals surface area (Å²) >= 11 is 1.37. The first-order chi connectivity index (χ1) is 14.6. The Kier molecular flexibility index (Phi) is 6.04. The van der Waals surface area contributed by atoms with Gasteiger partial charge < -0.3 is 15.0 Å². The maximum Gasteiger partial charge on any atom is 0.231 e. The Bertz CT molecular complexity index is 1020. The molecule has 0 saturated carbocycles. The molecule has 1 atom stereocenters. The van der Waals surface area contributed by atoms with Gasteiger partial charge in [0.05, 0.1) is 13.0 Å². The number of methoxy groups -OCH3 is 1. The summed E-state index contributed by atoms with van der Waals surface area (Å²) in [7, 11) is 1.65. The molecule has 3 aromatic rings. The predicted octanol–water partition coefficient (Wildman–Crippen LogP) is 3.32. The molecule has 0 bridgehead atoms. The molecule has 0 aliphatic carbocycles. The van der Waals surface area contributed by atoms with Crippen molar-refractivity contribution in [2.75, 3.05) is 23.9 Å². The second-order valence-electron chi connectivity index (χ2n) is 7.08. The summed E-state index contributed by atoms with van der Waals surface area (Å²) in [5, 5.41) is 12.4. The molecule has 1 unspecified atom stereocenters. The molecule has 8 heteroatoms. The molecule has 2 heterocycles. The molecule has 1 fully saturated rings. The number of aromatic nitrogens is 2. The number of amides is 2. The van der Waals surface area contributed by atoms with Crippen LogP contribution in [0.15, 0.2) is 54.6 Å². The maximum atomic E-state index is 12.6. The van der Waals surface area contributed by atoms with Crippen molar-refractivity contribution in [2.45, 2.75) is 19.3 Å². The van der Waals surface area contributed by atoms with Gasteiger partial charge in [-0.3, -0.25) is 9.59 Å². The van der Waals surface area contributed by atoms with E-state index in [1.165, 1.54) is 16.9 Å². The van der Waals surface area contributed by atoms with Gasteiger partial charge in [-0.15, -0.1) is 10.2 Å². The standard InChI is InChI=1S/C22H22N4O3S/c1-29-18-10-7-15(8-11-18)9-12-19-24-25-22(30-19)23-21(28)16-13-20(27)26(14-16)17-5-3-2-4-6-17/h2-8,10-11,16H,9,12-14H2,1H3,(H,23,25,28). The van der Waals surface area contributed by atoms with Crippen LogP contribution in [0.5, 0.6) is 5.75 Å². The molecule has 1 saturated heterocycles. The van der Waals surface area contributed by atoms with E-state index in [2.05, 4.69) is 15.5 Å². The number of nitrogens with one attached hydrogen (secondary N) is 1. The number of carbonyl (C=O) groups is 2. The van der Waals surface area contributed by atoms with Crippen LogP contribution in [-0.2, 0) is 22.4 Å². The molecule has 1 N–H and O–H groups in total. The number of hydrogen-bond acceptors (Lipinski definition) is 6. The van der Waals surface area contributed by atoms with Crippen molar-refractivity contribution in [1.82, 2.24) is 10.2 Å². The number of hydrogen-bond donors (Lipinski definition) is 1. The normalized spacial score (nSPS) is 16.0. The zero-order valence-electron chi connectivity index (χ0n) is 16.6. The number of para-hydroxylation sites is 1. The minimum Gasteiger partial charge on any atom is -0.497 e. The van der Waals surface area contributed by atoms with Crippen molar-refractivity contribution in [3.63, 3.8) is 0 Å². The number of aryl methyl sites for hydroxylation is 2. The Morgan fingerprint density at radius 2 is 1.90 bits per heavy atom. The fourth-order valence-corrected chi connectivity index (χ4v) is 4.14. The van der Waals surface area contributed by atoms with E-state index >= 15 is 0 Å². The first-order valence-corrected chi connectivity index (χ1v) is 10.6. The third-order valence-electron chi connectivity index (χ3n) is 5.05. The number of nitrogens with zero attached hydrogens (tertiary/aromatic N) is 3. The van der Waals surface area contributed by atoms with Gasteiger partial charge in [-0.05, 0) is 36.2 Å². The van der Waals surface area contributed by atoms with Crippen LogP contribution in [0.1, 0.15) is 17.0 Å². The summed E-state index contributed by atoms with van der Waals surface area (Å²) in [5.41, 5.74) is 2.00. The summed E-state index contributed by atoms with van der Waals surface area (Å²) in [5.74, 6) is 0.193. The summed E-state index contributed by atoms with van der Waals surface area (Å²) in [4.78, 5) is 26.6. The molecule has 1 aromatic heterocycles. The SMILES string of the molecule is COc1ccc(CCc2nnc(NC(=O)C3CC(=O)N(c4ccccc4)C3)s2)cc1. The topological polar surface area (TPSA) is 84.4 Å². The van der Waals surface area contributed by atoms with E-state index in [0.717, 1.165) is 29.3 Å². The minimum atomic E-state index is -0.399. The Morgan fingerprint density at radius 1 is 1.13 bits per heavy atom. The maximum absolute atomic E-state index is 12.6. The third-order valence-corrected chi connectivity index (χ3v) is 5.95. The number of benzene rings is 2. The molecule has 4 rings (SSSR count). The molecular weight excluding hydrogens is 400 g/mol. The van der Waals surface area contributed by atoms with E-state index in [-0.39, 0.29) is 18.2 Å². The Morgan fingerprint density at radius 3 is 2.63 bits per heavy atom. The summed E-state index contributed by atoms with van der Waals surface area (Å²) in [6.45, 7) is 0.373. The molecule has 1 aliphatic rings. The zero-order valence-corrected chi connectivity index (χ0v) is 17.4. The van der Waals surface area contributed by atoms with Crippen molar-refractivity contribution in [2.24, 2.45) is 5.92 Å². The molecule has 30 heavy (non-hydrogen) atoms. The van der Waals surface area contributed by atoms with Gasteiger partial charge in [0.15, 0.2) is 0 Å². The highest BCUT2D eigenvalue weighted by molar-refractivity contribution is 7.15. The molecule has 154 valence electrons. The highest BCUT2D eigenvalue weighted by Crippen LogP contribution is 2.26. The van der Waals surface area contributed by atoms with Gasteiger partial charge in [0.1, 0.15) is 10.8 Å². The lowest BCUT2D eigenvalue weighted by atomic mass is 10.1.